The van der Waals surface area contributed by atoms with Crippen LogP contribution >= 0.6 is 0 Å². The van der Waals surface area contributed by atoms with Crippen molar-refractivity contribution in [3.05, 3.63) is 54.4 Å². The Morgan fingerprint density at radius 3 is 3.15 bits per heavy atom. The molecule has 1 saturated heterocycles. The molecule has 4 rings (SSSR count). The number of carbonyl (C=O) groups is 1. The Morgan fingerprint density at radius 1 is 1.37 bits per heavy atom. The van der Waals surface area contributed by atoms with Crippen LogP contribution in [0.4, 0.5) is 0 Å². The minimum atomic E-state index is -0.183. The van der Waals surface area contributed by atoms with E-state index >= 15 is 0 Å². The van der Waals surface area contributed by atoms with Crippen LogP contribution in [0.3, 0.4) is 0 Å². The van der Waals surface area contributed by atoms with Gasteiger partial charge in [-0.1, -0.05) is 6.07 Å². The van der Waals surface area contributed by atoms with E-state index < -0.39 is 0 Å². The molecule has 0 N–H and O–H groups in total. The van der Waals surface area contributed by atoms with Crippen LogP contribution < -0.4 is 4.74 Å². The summed E-state index contributed by atoms with van der Waals surface area (Å²) in [6.07, 6.45) is 5.26. The van der Waals surface area contributed by atoms with Crippen molar-refractivity contribution in [1.82, 2.24) is 14.9 Å². The van der Waals surface area contributed by atoms with Gasteiger partial charge < -0.3 is 18.8 Å². The van der Waals surface area contributed by atoms with Gasteiger partial charge in [0.05, 0.1) is 11.6 Å². The number of likely N-dealkylation sites (N-methyl/N-ethyl adjacent to an activating group) is 1. The molecule has 140 valence electrons. The van der Waals surface area contributed by atoms with E-state index in [2.05, 4.69) is 9.97 Å². The Labute approximate surface area is 156 Å². The minimum absolute atomic E-state index is 0.107. The molecule has 0 bridgehead atoms. The van der Waals surface area contributed by atoms with Gasteiger partial charge in [0, 0.05) is 31.8 Å². The number of oxazole rings is 1. The van der Waals surface area contributed by atoms with Crippen LogP contribution in [0.1, 0.15) is 29.2 Å². The first-order valence-corrected chi connectivity index (χ1v) is 8.98. The SMILES string of the molecule is CN(C[C@H]1CCCO1)C(=O)c1coc(COc2ccc3ncccc3c2)n1. The first kappa shape index (κ1) is 17.5. The number of pyridine rings is 1. The van der Waals surface area contributed by atoms with Gasteiger partial charge in [-0.3, -0.25) is 9.78 Å². The number of fused-ring (bicyclic) bond motifs is 1. The molecule has 0 spiro atoms. The molecule has 3 heterocycles. The molecule has 27 heavy (non-hydrogen) atoms. The number of nitrogens with zero attached hydrogens (tertiary/aromatic N) is 3. The van der Waals surface area contributed by atoms with Crippen molar-refractivity contribution < 1.29 is 18.7 Å². The molecule has 1 fully saturated rings. The van der Waals surface area contributed by atoms with E-state index in [-0.39, 0.29) is 24.3 Å². The summed E-state index contributed by atoms with van der Waals surface area (Å²) in [5.41, 5.74) is 1.18. The molecule has 1 amide bonds. The lowest BCUT2D eigenvalue weighted by Crippen LogP contribution is -2.34. The number of aromatic nitrogens is 2. The maximum atomic E-state index is 12.5. The van der Waals surface area contributed by atoms with Gasteiger partial charge in [0.15, 0.2) is 12.3 Å². The predicted molar refractivity (Wildman–Crippen MR) is 98.5 cm³/mol. The zero-order chi connectivity index (χ0) is 18.6. The molecule has 2 aromatic heterocycles. The van der Waals surface area contributed by atoms with Crippen molar-refractivity contribution in [2.24, 2.45) is 0 Å². The van der Waals surface area contributed by atoms with Gasteiger partial charge >= 0.3 is 0 Å². The molecule has 7 nitrogen and oxygen atoms in total. The summed E-state index contributed by atoms with van der Waals surface area (Å²) in [6.45, 7) is 1.47. The molecule has 3 aromatic rings. The van der Waals surface area contributed by atoms with E-state index in [9.17, 15) is 4.79 Å². The van der Waals surface area contributed by atoms with Crippen molar-refractivity contribution in [2.45, 2.75) is 25.6 Å². The number of amides is 1. The molecule has 0 radical (unpaired) electrons. The summed E-state index contributed by atoms with van der Waals surface area (Å²) < 4.78 is 16.7. The molecule has 0 aliphatic carbocycles. The van der Waals surface area contributed by atoms with Gasteiger partial charge in [-0.15, -0.1) is 0 Å². The molecule has 0 saturated carbocycles. The second kappa shape index (κ2) is 7.75. The third-order valence-corrected chi connectivity index (χ3v) is 4.56. The first-order valence-electron chi connectivity index (χ1n) is 8.98. The largest absolute Gasteiger partial charge is 0.484 e. The van der Waals surface area contributed by atoms with Crippen LogP contribution in [-0.2, 0) is 11.3 Å². The van der Waals surface area contributed by atoms with Crippen LogP contribution in [0.25, 0.3) is 10.9 Å². The van der Waals surface area contributed by atoms with Crippen LogP contribution in [0.2, 0.25) is 0 Å². The van der Waals surface area contributed by atoms with Gasteiger partial charge in [-0.05, 0) is 37.1 Å². The highest BCUT2D eigenvalue weighted by atomic mass is 16.5. The highest BCUT2D eigenvalue weighted by molar-refractivity contribution is 5.91. The number of hydrogen-bond acceptors (Lipinski definition) is 6. The van der Waals surface area contributed by atoms with Crippen molar-refractivity contribution in [3.63, 3.8) is 0 Å². The van der Waals surface area contributed by atoms with Crippen LogP contribution in [0.15, 0.2) is 47.2 Å². The third-order valence-electron chi connectivity index (χ3n) is 4.56. The summed E-state index contributed by atoms with van der Waals surface area (Å²) in [4.78, 5) is 22.6. The van der Waals surface area contributed by atoms with E-state index in [0.29, 0.717) is 18.2 Å². The fraction of sp³-hybridized carbons (Fsp3) is 0.350. The number of hydrogen-bond donors (Lipinski definition) is 0. The molecule has 1 aromatic carbocycles. The van der Waals surface area contributed by atoms with Gasteiger partial charge in [0.25, 0.3) is 5.91 Å². The topological polar surface area (TPSA) is 77.7 Å². The second-order valence-electron chi connectivity index (χ2n) is 6.59. The van der Waals surface area contributed by atoms with E-state index in [1.54, 1.807) is 18.1 Å². The minimum Gasteiger partial charge on any atom is -0.484 e. The zero-order valence-corrected chi connectivity index (χ0v) is 15.1. The zero-order valence-electron chi connectivity index (χ0n) is 15.1. The second-order valence-corrected chi connectivity index (χ2v) is 6.59. The average Bonchev–Trinajstić information content (AvgIpc) is 3.37. The van der Waals surface area contributed by atoms with Crippen LogP contribution in [0, 0.1) is 0 Å². The Hall–Kier alpha value is -2.93. The predicted octanol–water partition coefficient (Wildman–Crippen LogP) is 3.05. The third kappa shape index (κ3) is 4.09. The lowest BCUT2D eigenvalue weighted by atomic mass is 10.2. The quantitative estimate of drug-likeness (QED) is 0.666. The standard InChI is InChI=1S/C20H21N3O4/c1-23(11-16-5-3-9-25-16)20(24)18-12-27-19(22-18)13-26-15-6-7-17-14(10-15)4-2-8-21-17/h2,4,6-8,10,12,16H,3,5,9,11,13H2,1H3/t16-/m1/s1. The lowest BCUT2D eigenvalue weighted by molar-refractivity contribution is 0.0582. The van der Waals surface area contributed by atoms with E-state index in [1.807, 2.05) is 30.3 Å². The number of carbonyl (C=O) groups excluding carboxylic acids is 1. The van der Waals surface area contributed by atoms with Crippen molar-refractivity contribution in [3.8, 4) is 5.75 Å². The van der Waals surface area contributed by atoms with Crippen LogP contribution in [0.5, 0.6) is 5.75 Å². The smallest absolute Gasteiger partial charge is 0.275 e. The maximum absolute atomic E-state index is 12.5. The van der Waals surface area contributed by atoms with Gasteiger partial charge in [0.1, 0.15) is 12.0 Å². The fourth-order valence-corrected chi connectivity index (χ4v) is 3.14. The Balaban J connectivity index is 1.36. The summed E-state index contributed by atoms with van der Waals surface area (Å²) >= 11 is 0. The van der Waals surface area contributed by atoms with E-state index in [1.165, 1.54) is 6.26 Å². The van der Waals surface area contributed by atoms with Gasteiger partial charge in [-0.2, -0.15) is 0 Å². The Bertz CT molecular complexity index is 934. The number of benzene rings is 1. The summed E-state index contributed by atoms with van der Waals surface area (Å²) in [6, 6.07) is 9.51. The summed E-state index contributed by atoms with van der Waals surface area (Å²) in [5, 5.41) is 0.994. The monoisotopic (exact) mass is 367 g/mol. The van der Waals surface area contributed by atoms with Crippen LogP contribution in [-0.4, -0.2) is 47.1 Å². The molecule has 1 aliphatic rings. The van der Waals surface area contributed by atoms with E-state index in [4.69, 9.17) is 13.9 Å². The molecular formula is C20H21N3O4. The Kier molecular flexibility index (Phi) is 5.02. The van der Waals surface area contributed by atoms with Gasteiger partial charge in [-0.25, -0.2) is 4.98 Å². The van der Waals surface area contributed by atoms with Crippen molar-refractivity contribution in [2.75, 3.05) is 20.2 Å². The molecule has 1 aliphatic heterocycles. The average molecular weight is 367 g/mol. The number of ether oxygens (including phenoxy) is 2. The summed E-state index contributed by atoms with van der Waals surface area (Å²) in [5.74, 6) is 0.865. The molecule has 0 unspecified atom stereocenters. The molecule has 7 heteroatoms. The lowest BCUT2D eigenvalue weighted by Gasteiger charge is -2.19. The Morgan fingerprint density at radius 2 is 2.30 bits per heavy atom. The van der Waals surface area contributed by atoms with Gasteiger partial charge in [0.2, 0.25) is 5.89 Å². The van der Waals surface area contributed by atoms with E-state index in [0.717, 1.165) is 30.4 Å². The molecule has 1 atom stereocenters. The highest BCUT2D eigenvalue weighted by Crippen LogP contribution is 2.20. The normalized spacial score (nSPS) is 16.6. The fourth-order valence-electron chi connectivity index (χ4n) is 3.14. The molecular weight excluding hydrogens is 346 g/mol. The first-order chi connectivity index (χ1) is 13.2. The van der Waals surface area contributed by atoms with Crippen molar-refractivity contribution in [1.29, 1.82) is 0 Å². The maximum Gasteiger partial charge on any atom is 0.275 e. The highest BCUT2D eigenvalue weighted by Gasteiger charge is 2.22. The van der Waals surface area contributed by atoms with Crippen molar-refractivity contribution >= 4 is 16.8 Å². The summed E-state index contributed by atoms with van der Waals surface area (Å²) in [7, 11) is 1.75. The number of rotatable bonds is 6.